The van der Waals surface area contributed by atoms with Crippen LogP contribution in [0.4, 0.5) is 0 Å². The number of rotatable bonds is 2. The van der Waals surface area contributed by atoms with E-state index in [0.29, 0.717) is 6.04 Å². The molecule has 6 heteroatoms. The molecule has 1 atom stereocenters. The molecular formula is C20H31N5O. The smallest absolute Gasteiger partial charge is 0.254 e. The molecule has 2 aromatic rings. The first kappa shape index (κ1) is 18.8. The molecule has 1 fully saturated rings. The van der Waals surface area contributed by atoms with Crippen LogP contribution in [0.25, 0.3) is 11.0 Å². The monoisotopic (exact) mass is 357 g/mol. The molecule has 1 amide bonds. The highest BCUT2D eigenvalue weighted by Crippen LogP contribution is 2.29. The number of hydrogen-bond acceptors (Lipinski definition) is 4. The average molecular weight is 358 g/mol. The molecule has 2 aromatic heterocycles. The summed E-state index contributed by atoms with van der Waals surface area (Å²) in [6.07, 6.45) is 0. The maximum Gasteiger partial charge on any atom is 0.254 e. The van der Waals surface area contributed by atoms with E-state index in [2.05, 4.69) is 46.9 Å². The van der Waals surface area contributed by atoms with E-state index in [1.807, 2.05) is 22.6 Å². The van der Waals surface area contributed by atoms with Crippen LogP contribution in [-0.4, -0.2) is 51.2 Å². The first-order valence-corrected chi connectivity index (χ1v) is 9.53. The van der Waals surface area contributed by atoms with Gasteiger partial charge in [-0.1, -0.05) is 13.8 Å². The highest BCUT2D eigenvalue weighted by atomic mass is 16.2. The first-order chi connectivity index (χ1) is 12.1. The number of fused-ring (bicyclic) bond motifs is 1. The highest BCUT2D eigenvalue weighted by molar-refractivity contribution is 6.06. The molecular weight excluding hydrogens is 326 g/mol. The Morgan fingerprint density at radius 1 is 1.35 bits per heavy atom. The van der Waals surface area contributed by atoms with E-state index in [4.69, 9.17) is 10.1 Å². The first-order valence-electron chi connectivity index (χ1n) is 9.53. The van der Waals surface area contributed by atoms with Gasteiger partial charge < -0.3 is 10.2 Å². The number of aryl methyl sites for hydroxylation is 1. The molecule has 0 spiro atoms. The molecule has 0 bridgehead atoms. The van der Waals surface area contributed by atoms with Gasteiger partial charge in [0.1, 0.15) is 0 Å². The van der Waals surface area contributed by atoms with Crippen molar-refractivity contribution in [1.82, 2.24) is 25.0 Å². The fourth-order valence-corrected chi connectivity index (χ4v) is 3.53. The van der Waals surface area contributed by atoms with Gasteiger partial charge in [0.15, 0.2) is 5.65 Å². The van der Waals surface area contributed by atoms with Crippen molar-refractivity contribution in [2.24, 2.45) is 0 Å². The molecule has 0 aliphatic carbocycles. The molecule has 1 unspecified atom stereocenters. The van der Waals surface area contributed by atoms with Crippen LogP contribution in [-0.2, 0) is 5.54 Å². The molecule has 0 saturated carbocycles. The van der Waals surface area contributed by atoms with Crippen molar-refractivity contribution < 1.29 is 4.79 Å². The Labute approximate surface area is 156 Å². The van der Waals surface area contributed by atoms with Crippen LogP contribution in [0.1, 0.15) is 69.2 Å². The normalized spacial score (nSPS) is 18.8. The Hall–Kier alpha value is -1.95. The van der Waals surface area contributed by atoms with Gasteiger partial charge in [0.2, 0.25) is 0 Å². The van der Waals surface area contributed by atoms with Gasteiger partial charge in [-0.15, -0.1) is 0 Å². The van der Waals surface area contributed by atoms with Gasteiger partial charge in [-0.05, 0) is 46.6 Å². The summed E-state index contributed by atoms with van der Waals surface area (Å²) in [6, 6.07) is 2.29. The molecule has 0 radical (unpaired) electrons. The zero-order valence-corrected chi connectivity index (χ0v) is 17.1. The number of aromatic nitrogens is 3. The fraction of sp³-hybridized carbons (Fsp3) is 0.650. The second-order valence-electron chi connectivity index (χ2n) is 8.72. The number of hydrogen-bond donors (Lipinski definition) is 1. The molecule has 6 nitrogen and oxygen atoms in total. The van der Waals surface area contributed by atoms with Crippen LogP contribution in [0.15, 0.2) is 6.07 Å². The Morgan fingerprint density at radius 2 is 2.04 bits per heavy atom. The third-order valence-electron chi connectivity index (χ3n) is 4.95. The molecule has 1 aliphatic rings. The second-order valence-corrected chi connectivity index (χ2v) is 8.72. The van der Waals surface area contributed by atoms with Gasteiger partial charge in [0.25, 0.3) is 5.91 Å². The van der Waals surface area contributed by atoms with Gasteiger partial charge in [0.05, 0.1) is 22.2 Å². The minimum absolute atomic E-state index is 0.0872. The average Bonchev–Trinajstić information content (AvgIpc) is 2.90. The maximum absolute atomic E-state index is 13.4. The topological polar surface area (TPSA) is 63.1 Å². The van der Waals surface area contributed by atoms with Crippen molar-refractivity contribution in [1.29, 1.82) is 0 Å². The van der Waals surface area contributed by atoms with Crippen LogP contribution >= 0.6 is 0 Å². The van der Waals surface area contributed by atoms with Crippen molar-refractivity contribution in [2.45, 2.75) is 66.0 Å². The maximum atomic E-state index is 13.4. The summed E-state index contributed by atoms with van der Waals surface area (Å²) in [5.74, 6) is 0.334. The fourth-order valence-electron chi connectivity index (χ4n) is 3.53. The van der Waals surface area contributed by atoms with Crippen molar-refractivity contribution in [3.63, 3.8) is 0 Å². The van der Waals surface area contributed by atoms with Crippen molar-refractivity contribution in [3.8, 4) is 0 Å². The lowest BCUT2D eigenvalue weighted by Crippen LogP contribution is -2.51. The zero-order valence-electron chi connectivity index (χ0n) is 17.1. The lowest BCUT2D eigenvalue weighted by atomic mass is 10.0. The molecule has 3 rings (SSSR count). The predicted molar refractivity (Wildman–Crippen MR) is 105 cm³/mol. The number of amides is 1. The number of piperazine rings is 1. The van der Waals surface area contributed by atoms with Crippen LogP contribution in [0, 0.1) is 6.92 Å². The Morgan fingerprint density at radius 3 is 2.62 bits per heavy atom. The molecule has 1 saturated heterocycles. The van der Waals surface area contributed by atoms with Gasteiger partial charge in [-0.25, -0.2) is 9.67 Å². The lowest BCUT2D eigenvalue weighted by molar-refractivity contribution is 0.0711. The van der Waals surface area contributed by atoms with Gasteiger partial charge in [0, 0.05) is 31.4 Å². The molecule has 142 valence electrons. The van der Waals surface area contributed by atoms with Gasteiger partial charge in [-0.2, -0.15) is 5.10 Å². The summed E-state index contributed by atoms with van der Waals surface area (Å²) < 4.78 is 1.96. The largest absolute Gasteiger partial charge is 0.336 e. The summed E-state index contributed by atoms with van der Waals surface area (Å²) in [5, 5.41) is 9.02. The number of carbonyl (C=O) groups is 1. The summed E-state index contributed by atoms with van der Waals surface area (Å²) >= 11 is 0. The quantitative estimate of drug-likeness (QED) is 0.897. The number of nitrogens with zero attached hydrogens (tertiary/aromatic N) is 4. The standard InChI is InChI=1S/C20H31N5O/c1-12(2)16-10-15(19(26)24-9-8-21-13(3)11-24)17-14(4)23-25(18(17)22-16)20(5,6)7/h10,12-13,21H,8-9,11H2,1-7H3. The summed E-state index contributed by atoms with van der Waals surface area (Å²) in [6.45, 7) is 16.9. The van der Waals surface area contributed by atoms with E-state index < -0.39 is 0 Å². The van der Waals surface area contributed by atoms with E-state index in [9.17, 15) is 4.79 Å². The molecule has 0 aromatic carbocycles. The summed E-state index contributed by atoms with van der Waals surface area (Å²) in [5.41, 5.74) is 3.16. The van der Waals surface area contributed by atoms with Crippen molar-refractivity contribution >= 4 is 16.9 Å². The van der Waals surface area contributed by atoms with E-state index in [1.165, 1.54) is 0 Å². The Kier molecular flexibility index (Phi) is 4.82. The van der Waals surface area contributed by atoms with Gasteiger partial charge in [-0.3, -0.25) is 4.79 Å². The molecule has 26 heavy (non-hydrogen) atoms. The van der Waals surface area contributed by atoms with Gasteiger partial charge >= 0.3 is 0 Å². The molecule has 1 aliphatic heterocycles. The highest BCUT2D eigenvalue weighted by Gasteiger charge is 2.28. The summed E-state index contributed by atoms with van der Waals surface area (Å²) in [7, 11) is 0. The number of pyridine rings is 1. The van der Waals surface area contributed by atoms with Crippen LogP contribution in [0.2, 0.25) is 0 Å². The zero-order chi connectivity index (χ0) is 19.2. The summed E-state index contributed by atoms with van der Waals surface area (Å²) in [4.78, 5) is 20.2. The molecule has 3 heterocycles. The van der Waals surface area contributed by atoms with Crippen molar-refractivity contribution in [3.05, 3.63) is 23.0 Å². The Balaban J connectivity index is 2.20. The third kappa shape index (κ3) is 3.34. The van der Waals surface area contributed by atoms with Crippen molar-refractivity contribution in [2.75, 3.05) is 19.6 Å². The Bertz CT molecular complexity index is 831. The van der Waals surface area contributed by atoms with Crippen LogP contribution in [0.5, 0.6) is 0 Å². The SMILES string of the molecule is Cc1nn(C(C)(C)C)c2nc(C(C)C)cc(C(=O)N3CCNC(C)C3)c12. The predicted octanol–water partition coefficient (Wildman–Crippen LogP) is 3.05. The van der Waals surface area contributed by atoms with E-state index in [-0.39, 0.29) is 17.4 Å². The number of nitrogens with one attached hydrogen (secondary N) is 1. The minimum atomic E-state index is -0.195. The lowest BCUT2D eigenvalue weighted by Gasteiger charge is -2.32. The third-order valence-corrected chi connectivity index (χ3v) is 4.95. The number of carbonyl (C=O) groups excluding carboxylic acids is 1. The minimum Gasteiger partial charge on any atom is -0.336 e. The molecule has 1 N–H and O–H groups in total. The van der Waals surface area contributed by atoms with Crippen LogP contribution < -0.4 is 5.32 Å². The van der Waals surface area contributed by atoms with E-state index >= 15 is 0 Å². The van der Waals surface area contributed by atoms with Crippen LogP contribution in [0.3, 0.4) is 0 Å². The van der Waals surface area contributed by atoms with E-state index in [1.54, 1.807) is 0 Å². The second kappa shape index (κ2) is 6.65. The van der Waals surface area contributed by atoms with E-state index in [0.717, 1.165) is 47.6 Å².